The lowest BCUT2D eigenvalue weighted by molar-refractivity contribution is -0.121. The molecule has 0 bridgehead atoms. The van der Waals surface area contributed by atoms with Crippen molar-refractivity contribution in [1.82, 2.24) is 5.16 Å². The number of halogens is 3. The Morgan fingerprint density at radius 1 is 1.22 bits per heavy atom. The number of para-hydroxylation sites is 1. The number of aromatic nitrogens is 1. The van der Waals surface area contributed by atoms with Gasteiger partial charge in [0.2, 0.25) is 0 Å². The fraction of sp³-hybridized carbons (Fsp3) is 0.217. The number of ketones is 1. The van der Waals surface area contributed by atoms with Gasteiger partial charge >= 0.3 is 6.18 Å². The molecule has 3 aromatic rings. The molecule has 0 spiro atoms. The molecule has 0 unspecified atom stereocenters. The zero-order valence-corrected chi connectivity index (χ0v) is 17.0. The van der Waals surface area contributed by atoms with E-state index in [1.165, 1.54) is 31.2 Å². The molecule has 32 heavy (non-hydrogen) atoms. The molecule has 0 saturated carbocycles. The minimum atomic E-state index is -4.46. The van der Waals surface area contributed by atoms with Crippen LogP contribution in [0.4, 0.5) is 18.9 Å². The minimum absolute atomic E-state index is 0.0453. The van der Waals surface area contributed by atoms with Gasteiger partial charge in [-0.05, 0) is 50.1 Å². The fourth-order valence-electron chi connectivity index (χ4n) is 3.07. The second-order valence-electron chi connectivity index (χ2n) is 7.07. The molecule has 0 radical (unpaired) electrons. The SMILES string of the molecule is CC(=O)c1ccccc1N=C(CCc1cc(-c2ccc(C#N)c(O)c2)on1)CC(F)(F)F. The highest BCUT2D eigenvalue weighted by Gasteiger charge is 2.30. The summed E-state index contributed by atoms with van der Waals surface area (Å²) in [7, 11) is 0. The van der Waals surface area contributed by atoms with Gasteiger partial charge in [-0.2, -0.15) is 18.4 Å². The molecule has 1 N–H and O–H groups in total. The summed E-state index contributed by atoms with van der Waals surface area (Å²) in [5.41, 5.74) is 1.28. The molecule has 6 nitrogen and oxygen atoms in total. The average Bonchev–Trinajstić information content (AvgIpc) is 3.20. The summed E-state index contributed by atoms with van der Waals surface area (Å²) in [6.45, 7) is 1.33. The van der Waals surface area contributed by atoms with Gasteiger partial charge in [-0.25, -0.2) is 0 Å². The predicted octanol–water partition coefficient (Wildman–Crippen LogP) is 5.78. The fourth-order valence-corrected chi connectivity index (χ4v) is 3.07. The first-order valence-electron chi connectivity index (χ1n) is 9.58. The van der Waals surface area contributed by atoms with Gasteiger partial charge < -0.3 is 9.63 Å². The molecule has 0 aliphatic rings. The van der Waals surface area contributed by atoms with E-state index in [1.54, 1.807) is 24.3 Å². The number of aliphatic imine (C=N–C) groups is 1. The van der Waals surface area contributed by atoms with Crippen LogP contribution in [0.3, 0.4) is 0 Å². The summed E-state index contributed by atoms with van der Waals surface area (Å²) >= 11 is 0. The monoisotopic (exact) mass is 441 g/mol. The van der Waals surface area contributed by atoms with Crippen molar-refractivity contribution >= 4 is 17.2 Å². The third-order valence-electron chi connectivity index (χ3n) is 4.60. The van der Waals surface area contributed by atoms with E-state index in [4.69, 9.17) is 9.78 Å². The first-order valence-corrected chi connectivity index (χ1v) is 9.58. The molecule has 0 atom stereocenters. The van der Waals surface area contributed by atoms with Gasteiger partial charge in [0.05, 0.1) is 23.4 Å². The third-order valence-corrected chi connectivity index (χ3v) is 4.60. The van der Waals surface area contributed by atoms with Crippen LogP contribution >= 0.6 is 0 Å². The Balaban J connectivity index is 1.81. The van der Waals surface area contributed by atoms with Crippen LogP contribution in [-0.4, -0.2) is 27.9 Å². The molecular formula is C23H18F3N3O3. The van der Waals surface area contributed by atoms with E-state index in [9.17, 15) is 23.1 Å². The Morgan fingerprint density at radius 3 is 2.62 bits per heavy atom. The van der Waals surface area contributed by atoms with Crippen LogP contribution in [0.5, 0.6) is 5.75 Å². The Kier molecular flexibility index (Phi) is 6.73. The summed E-state index contributed by atoms with van der Waals surface area (Å²) in [5.74, 6) is -0.203. The van der Waals surface area contributed by atoms with Crippen molar-refractivity contribution < 1.29 is 27.6 Å². The number of hydrogen-bond acceptors (Lipinski definition) is 6. The summed E-state index contributed by atoms with van der Waals surface area (Å²) in [4.78, 5) is 15.9. The lowest BCUT2D eigenvalue weighted by Gasteiger charge is -2.10. The molecule has 0 amide bonds. The topological polar surface area (TPSA) is 99.5 Å². The van der Waals surface area contributed by atoms with E-state index in [-0.39, 0.29) is 46.9 Å². The van der Waals surface area contributed by atoms with Gasteiger partial charge in [-0.3, -0.25) is 9.79 Å². The molecule has 1 aromatic heterocycles. The zero-order chi connectivity index (χ0) is 23.3. The van der Waals surface area contributed by atoms with E-state index in [1.807, 2.05) is 6.07 Å². The number of Topliss-reactive ketones (excluding diaryl/α,β-unsaturated/α-hetero) is 1. The lowest BCUT2D eigenvalue weighted by atomic mass is 10.1. The van der Waals surface area contributed by atoms with Crippen molar-refractivity contribution in [2.24, 2.45) is 4.99 Å². The number of nitriles is 1. The number of phenolic OH excluding ortho intramolecular Hbond substituents is 1. The normalized spacial score (nSPS) is 11.9. The molecule has 0 aliphatic carbocycles. The zero-order valence-electron chi connectivity index (χ0n) is 17.0. The first-order chi connectivity index (χ1) is 15.2. The number of aryl methyl sites for hydroxylation is 1. The molecule has 0 saturated heterocycles. The maximum absolute atomic E-state index is 13.1. The van der Waals surface area contributed by atoms with Crippen molar-refractivity contribution in [1.29, 1.82) is 5.26 Å². The maximum atomic E-state index is 13.1. The maximum Gasteiger partial charge on any atom is 0.394 e. The van der Waals surface area contributed by atoms with Crippen LogP contribution in [0.15, 0.2) is 58.0 Å². The third kappa shape index (κ3) is 5.82. The number of benzene rings is 2. The van der Waals surface area contributed by atoms with Crippen molar-refractivity contribution in [3.63, 3.8) is 0 Å². The smallest absolute Gasteiger partial charge is 0.394 e. The number of carbonyl (C=O) groups is 1. The summed E-state index contributed by atoms with van der Waals surface area (Å²) in [6.07, 6.45) is -5.59. The Bertz CT molecular complexity index is 1210. The number of alkyl halides is 3. The Labute approximate surface area is 181 Å². The number of nitrogens with zero attached hydrogens (tertiary/aromatic N) is 3. The number of carbonyl (C=O) groups excluding carboxylic acids is 1. The molecule has 2 aromatic carbocycles. The number of phenols is 1. The lowest BCUT2D eigenvalue weighted by Crippen LogP contribution is -2.15. The average molecular weight is 441 g/mol. The molecule has 0 aliphatic heterocycles. The highest BCUT2D eigenvalue weighted by molar-refractivity contribution is 6.00. The molecule has 0 fully saturated rings. The van der Waals surface area contributed by atoms with Gasteiger partial charge in [0.25, 0.3) is 0 Å². The molecule has 9 heteroatoms. The standard InChI is InChI=1S/C23H18F3N3O3/c1-14(30)19-4-2-3-5-20(19)28-18(12-23(24,25)26)9-8-17-11-22(32-29-17)15-6-7-16(13-27)21(31)10-15/h2-7,10-11,31H,8-9,12H2,1H3. The Morgan fingerprint density at radius 2 is 1.97 bits per heavy atom. The Hall–Kier alpha value is -3.93. The molecule has 3 rings (SSSR count). The molecule has 164 valence electrons. The quantitative estimate of drug-likeness (QED) is 0.370. The predicted molar refractivity (Wildman–Crippen MR) is 111 cm³/mol. The van der Waals surface area contributed by atoms with Crippen LogP contribution in [-0.2, 0) is 6.42 Å². The van der Waals surface area contributed by atoms with E-state index in [2.05, 4.69) is 10.1 Å². The second-order valence-corrected chi connectivity index (χ2v) is 7.07. The molecule has 1 heterocycles. The van der Waals surface area contributed by atoms with E-state index < -0.39 is 12.6 Å². The second kappa shape index (κ2) is 9.47. The van der Waals surface area contributed by atoms with E-state index >= 15 is 0 Å². The number of aromatic hydroxyl groups is 1. The summed E-state index contributed by atoms with van der Waals surface area (Å²) in [6, 6.07) is 14.0. The summed E-state index contributed by atoms with van der Waals surface area (Å²) < 4.78 is 44.5. The van der Waals surface area contributed by atoms with Crippen LogP contribution in [0.1, 0.15) is 41.4 Å². The van der Waals surface area contributed by atoms with Gasteiger partial charge in [0, 0.05) is 22.9 Å². The number of rotatable bonds is 7. The highest BCUT2D eigenvalue weighted by atomic mass is 19.4. The van der Waals surface area contributed by atoms with Gasteiger partial charge in [-0.15, -0.1) is 0 Å². The number of hydrogen-bond donors (Lipinski definition) is 1. The van der Waals surface area contributed by atoms with E-state index in [0.29, 0.717) is 17.0 Å². The van der Waals surface area contributed by atoms with Crippen molar-refractivity contribution in [2.45, 2.75) is 32.4 Å². The summed E-state index contributed by atoms with van der Waals surface area (Å²) in [5, 5.41) is 22.6. The molecular weight excluding hydrogens is 423 g/mol. The minimum Gasteiger partial charge on any atom is -0.507 e. The van der Waals surface area contributed by atoms with Crippen LogP contribution in [0.25, 0.3) is 11.3 Å². The van der Waals surface area contributed by atoms with Gasteiger partial charge in [0.1, 0.15) is 11.8 Å². The van der Waals surface area contributed by atoms with Crippen molar-refractivity contribution in [3.05, 3.63) is 65.4 Å². The van der Waals surface area contributed by atoms with Crippen LogP contribution in [0, 0.1) is 11.3 Å². The van der Waals surface area contributed by atoms with Crippen LogP contribution < -0.4 is 0 Å². The van der Waals surface area contributed by atoms with Crippen LogP contribution in [0.2, 0.25) is 0 Å². The largest absolute Gasteiger partial charge is 0.507 e. The van der Waals surface area contributed by atoms with Gasteiger partial charge in [-0.1, -0.05) is 17.3 Å². The van der Waals surface area contributed by atoms with Crippen molar-refractivity contribution in [3.8, 4) is 23.1 Å². The van der Waals surface area contributed by atoms with E-state index in [0.717, 1.165) is 0 Å². The van der Waals surface area contributed by atoms with Gasteiger partial charge in [0.15, 0.2) is 11.5 Å². The first kappa shape index (κ1) is 22.7. The van der Waals surface area contributed by atoms with Crippen molar-refractivity contribution in [2.75, 3.05) is 0 Å². The highest BCUT2D eigenvalue weighted by Crippen LogP contribution is 2.28.